The molecule has 2 aromatic carbocycles. The van der Waals surface area contributed by atoms with E-state index in [1.807, 2.05) is 11.8 Å². The van der Waals surface area contributed by atoms with Crippen molar-refractivity contribution < 1.29 is 23.1 Å². The van der Waals surface area contributed by atoms with E-state index in [0.717, 1.165) is 5.56 Å². The van der Waals surface area contributed by atoms with Gasteiger partial charge < -0.3 is 15.0 Å². The summed E-state index contributed by atoms with van der Waals surface area (Å²) < 4.78 is 31.3. The van der Waals surface area contributed by atoms with Crippen molar-refractivity contribution in [1.29, 1.82) is 0 Å². The van der Waals surface area contributed by atoms with Crippen molar-refractivity contribution >= 4 is 11.8 Å². The molecular weight excluding hydrogens is 404 g/mol. The molecule has 31 heavy (non-hydrogen) atoms. The SMILES string of the molecule is CC(C(=O)NCCc1ccc(F)cc1)N1CCN(C(=O)COc2ccc(F)cc2)CC1. The zero-order valence-corrected chi connectivity index (χ0v) is 17.5. The Balaban J connectivity index is 1.36. The molecular formula is C23H27F2N3O3. The molecule has 1 unspecified atom stereocenters. The van der Waals surface area contributed by atoms with Gasteiger partial charge >= 0.3 is 0 Å². The molecule has 1 heterocycles. The summed E-state index contributed by atoms with van der Waals surface area (Å²) in [4.78, 5) is 28.5. The van der Waals surface area contributed by atoms with Gasteiger partial charge in [0.25, 0.3) is 5.91 Å². The van der Waals surface area contributed by atoms with Crippen molar-refractivity contribution in [3.63, 3.8) is 0 Å². The molecule has 0 bridgehead atoms. The molecule has 3 rings (SSSR count). The van der Waals surface area contributed by atoms with Crippen LogP contribution in [0.1, 0.15) is 12.5 Å². The number of rotatable bonds is 8. The monoisotopic (exact) mass is 431 g/mol. The van der Waals surface area contributed by atoms with Gasteiger partial charge in [0.2, 0.25) is 5.91 Å². The Labute approximate surface area is 180 Å². The van der Waals surface area contributed by atoms with E-state index in [9.17, 15) is 18.4 Å². The van der Waals surface area contributed by atoms with Crippen molar-refractivity contribution in [2.75, 3.05) is 39.3 Å². The highest BCUT2D eigenvalue weighted by Crippen LogP contribution is 2.12. The number of amides is 2. The van der Waals surface area contributed by atoms with Crippen LogP contribution in [0.3, 0.4) is 0 Å². The Hall–Kier alpha value is -3.00. The van der Waals surface area contributed by atoms with Crippen molar-refractivity contribution in [2.24, 2.45) is 0 Å². The lowest BCUT2D eigenvalue weighted by Crippen LogP contribution is -2.55. The molecule has 1 N–H and O–H groups in total. The molecule has 6 nitrogen and oxygen atoms in total. The number of benzene rings is 2. The predicted octanol–water partition coefficient (Wildman–Crippen LogP) is 2.24. The van der Waals surface area contributed by atoms with Crippen LogP contribution in [0, 0.1) is 11.6 Å². The Bertz CT molecular complexity index is 867. The lowest BCUT2D eigenvalue weighted by molar-refractivity contribution is -0.136. The minimum atomic E-state index is -0.358. The van der Waals surface area contributed by atoms with Crippen LogP contribution in [0.4, 0.5) is 8.78 Å². The summed E-state index contributed by atoms with van der Waals surface area (Å²) in [6.07, 6.45) is 0.634. The second-order valence-electron chi connectivity index (χ2n) is 7.50. The summed E-state index contributed by atoms with van der Waals surface area (Å²) in [5.41, 5.74) is 0.962. The fourth-order valence-electron chi connectivity index (χ4n) is 3.42. The zero-order valence-electron chi connectivity index (χ0n) is 17.5. The van der Waals surface area contributed by atoms with Crippen molar-refractivity contribution in [3.8, 4) is 5.75 Å². The van der Waals surface area contributed by atoms with Crippen LogP contribution >= 0.6 is 0 Å². The molecule has 8 heteroatoms. The maximum absolute atomic E-state index is 12.9. The molecule has 0 spiro atoms. The van der Waals surface area contributed by atoms with Gasteiger partial charge in [0, 0.05) is 32.7 Å². The van der Waals surface area contributed by atoms with Crippen LogP contribution < -0.4 is 10.1 Å². The number of hydrogen-bond donors (Lipinski definition) is 1. The molecule has 0 aromatic heterocycles. The van der Waals surface area contributed by atoms with Crippen LogP contribution in [-0.4, -0.2) is 67.0 Å². The first-order chi connectivity index (χ1) is 14.9. The number of carbonyl (C=O) groups excluding carboxylic acids is 2. The molecule has 1 aliphatic rings. The molecule has 1 saturated heterocycles. The first kappa shape index (κ1) is 22.7. The largest absolute Gasteiger partial charge is 0.484 e. The van der Waals surface area contributed by atoms with Gasteiger partial charge in [-0.2, -0.15) is 0 Å². The maximum Gasteiger partial charge on any atom is 0.260 e. The van der Waals surface area contributed by atoms with Crippen LogP contribution in [0.15, 0.2) is 48.5 Å². The van der Waals surface area contributed by atoms with Gasteiger partial charge in [-0.25, -0.2) is 8.78 Å². The van der Waals surface area contributed by atoms with Crippen LogP contribution in [0.5, 0.6) is 5.75 Å². The highest BCUT2D eigenvalue weighted by atomic mass is 19.1. The van der Waals surface area contributed by atoms with E-state index >= 15 is 0 Å². The molecule has 0 saturated carbocycles. The predicted molar refractivity (Wildman–Crippen MR) is 113 cm³/mol. The van der Waals surface area contributed by atoms with E-state index < -0.39 is 0 Å². The summed E-state index contributed by atoms with van der Waals surface area (Å²) in [6, 6.07) is 11.5. The van der Waals surface area contributed by atoms with Gasteiger partial charge in [-0.15, -0.1) is 0 Å². The van der Waals surface area contributed by atoms with Gasteiger partial charge in [-0.1, -0.05) is 12.1 Å². The number of ether oxygens (including phenoxy) is 1. The van der Waals surface area contributed by atoms with E-state index in [4.69, 9.17) is 4.74 Å². The minimum absolute atomic E-state index is 0.0680. The molecule has 1 fully saturated rings. The Kier molecular flexibility index (Phi) is 7.94. The third-order valence-electron chi connectivity index (χ3n) is 5.40. The first-order valence-corrected chi connectivity index (χ1v) is 10.3. The summed E-state index contributed by atoms with van der Waals surface area (Å²) in [7, 11) is 0. The second-order valence-corrected chi connectivity index (χ2v) is 7.50. The van der Waals surface area contributed by atoms with Gasteiger partial charge in [0.05, 0.1) is 6.04 Å². The first-order valence-electron chi connectivity index (χ1n) is 10.3. The fourth-order valence-corrected chi connectivity index (χ4v) is 3.42. The molecule has 2 amide bonds. The average Bonchev–Trinajstić information content (AvgIpc) is 2.79. The fraction of sp³-hybridized carbons (Fsp3) is 0.391. The Morgan fingerprint density at radius 3 is 2.16 bits per heavy atom. The lowest BCUT2D eigenvalue weighted by atomic mass is 10.1. The van der Waals surface area contributed by atoms with Crippen molar-refractivity contribution in [3.05, 3.63) is 65.7 Å². The topological polar surface area (TPSA) is 61.9 Å². The van der Waals surface area contributed by atoms with Crippen LogP contribution in [0.2, 0.25) is 0 Å². The quantitative estimate of drug-likeness (QED) is 0.697. The number of nitrogens with one attached hydrogen (secondary N) is 1. The highest BCUT2D eigenvalue weighted by Gasteiger charge is 2.27. The normalized spacial score (nSPS) is 15.4. The highest BCUT2D eigenvalue weighted by molar-refractivity contribution is 5.81. The van der Waals surface area contributed by atoms with E-state index in [1.54, 1.807) is 17.0 Å². The van der Waals surface area contributed by atoms with Gasteiger partial charge in [0.15, 0.2) is 6.61 Å². The Morgan fingerprint density at radius 2 is 1.55 bits per heavy atom. The van der Waals surface area contributed by atoms with Crippen molar-refractivity contribution in [2.45, 2.75) is 19.4 Å². The molecule has 2 aromatic rings. The van der Waals surface area contributed by atoms with Gasteiger partial charge in [0.1, 0.15) is 17.4 Å². The zero-order chi connectivity index (χ0) is 22.2. The van der Waals surface area contributed by atoms with Gasteiger partial charge in [-0.3, -0.25) is 14.5 Å². The average molecular weight is 431 g/mol. The molecule has 0 radical (unpaired) electrons. The third-order valence-corrected chi connectivity index (χ3v) is 5.40. The standard InChI is InChI=1S/C23H27F2N3O3/c1-17(23(30)26-11-10-18-2-4-19(24)5-3-18)27-12-14-28(15-13-27)22(29)16-31-21-8-6-20(25)7-9-21/h2-9,17H,10-16H2,1H3,(H,26,30). The summed E-state index contributed by atoms with van der Waals surface area (Å²) in [5, 5.41) is 2.92. The second kappa shape index (κ2) is 10.9. The number of halogens is 2. The molecule has 166 valence electrons. The molecule has 1 atom stereocenters. The molecule has 1 aliphatic heterocycles. The Morgan fingerprint density at radius 1 is 0.968 bits per heavy atom. The van der Waals surface area contributed by atoms with Crippen LogP contribution in [0.25, 0.3) is 0 Å². The summed E-state index contributed by atoms with van der Waals surface area (Å²) >= 11 is 0. The third kappa shape index (κ3) is 6.75. The van der Waals surface area contributed by atoms with E-state index in [-0.39, 0.29) is 36.1 Å². The maximum atomic E-state index is 12.9. The van der Waals surface area contributed by atoms with E-state index in [1.165, 1.54) is 36.4 Å². The summed E-state index contributed by atoms with van der Waals surface area (Å²) in [5.74, 6) is -0.398. The van der Waals surface area contributed by atoms with E-state index in [2.05, 4.69) is 5.32 Å². The number of piperazine rings is 1. The number of hydrogen-bond acceptors (Lipinski definition) is 4. The minimum Gasteiger partial charge on any atom is -0.484 e. The van der Waals surface area contributed by atoms with Gasteiger partial charge in [-0.05, 0) is 55.3 Å². The number of nitrogens with zero attached hydrogens (tertiary/aromatic N) is 2. The lowest BCUT2D eigenvalue weighted by Gasteiger charge is -2.37. The smallest absolute Gasteiger partial charge is 0.260 e. The van der Waals surface area contributed by atoms with E-state index in [0.29, 0.717) is 44.9 Å². The van der Waals surface area contributed by atoms with Crippen molar-refractivity contribution in [1.82, 2.24) is 15.1 Å². The number of carbonyl (C=O) groups is 2. The summed E-state index contributed by atoms with van der Waals surface area (Å²) in [6.45, 7) is 4.43. The van der Waals surface area contributed by atoms with Crippen LogP contribution in [-0.2, 0) is 16.0 Å². The molecule has 0 aliphatic carbocycles.